The first-order chi connectivity index (χ1) is 7.69. The summed E-state index contributed by atoms with van der Waals surface area (Å²) in [5.41, 5.74) is -1.49. The molecule has 0 aliphatic heterocycles. The minimum absolute atomic E-state index is 0.0531. The van der Waals surface area contributed by atoms with Gasteiger partial charge in [-0.05, 0) is 18.3 Å². The van der Waals surface area contributed by atoms with Gasteiger partial charge in [0.1, 0.15) is 0 Å². The zero-order chi connectivity index (χ0) is 13.4. The smallest absolute Gasteiger partial charge is 0.165 e. The van der Waals surface area contributed by atoms with Crippen LogP contribution in [0, 0.1) is 28.7 Å². The Morgan fingerprint density at radius 2 is 1.12 bits per heavy atom. The Morgan fingerprint density at radius 1 is 0.765 bits per heavy atom. The number of halogens is 4. The average Bonchev–Trinajstić information content (AvgIpc) is 2.21. The predicted octanol–water partition coefficient (Wildman–Crippen LogP) is 4.39. The van der Waals surface area contributed by atoms with Gasteiger partial charge in [-0.1, -0.05) is 27.7 Å². The lowest BCUT2D eigenvalue weighted by molar-refractivity contribution is 0.368. The molecule has 0 amide bonds. The Bertz CT molecular complexity index is 401. The summed E-state index contributed by atoms with van der Waals surface area (Å²) in [6.45, 7) is 6.68. The van der Waals surface area contributed by atoms with Crippen LogP contribution in [0.5, 0.6) is 0 Å². The number of rotatable bonds is 2. The van der Waals surface area contributed by atoms with Gasteiger partial charge in [-0.3, -0.25) is 0 Å². The summed E-state index contributed by atoms with van der Waals surface area (Å²) in [5, 5.41) is 0. The second-order valence-electron chi connectivity index (χ2n) is 5.30. The second-order valence-corrected chi connectivity index (χ2v) is 5.30. The maximum atomic E-state index is 13.6. The third-order valence-electron chi connectivity index (χ3n) is 2.51. The summed E-state index contributed by atoms with van der Waals surface area (Å²) in [4.78, 5) is 0. The van der Waals surface area contributed by atoms with E-state index in [1.54, 1.807) is 20.8 Å². The molecule has 0 radical (unpaired) electrons. The van der Waals surface area contributed by atoms with Gasteiger partial charge in [-0.15, -0.1) is 0 Å². The van der Waals surface area contributed by atoms with Gasteiger partial charge in [-0.2, -0.15) is 0 Å². The summed E-state index contributed by atoms with van der Waals surface area (Å²) in [6.07, 6.45) is -0.135. The van der Waals surface area contributed by atoms with Gasteiger partial charge in [-0.25, -0.2) is 17.6 Å². The summed E-state index contributed by atoms with van der Waals surface area (Å²) in [7, 11) is 0. The molecule has 4 heteroatoms. The molecule has 0 fully saturated rings. The van der Waals surface area contributed by atoms with Crippen LogP contribution in [0.15, 0.2) is 0 Å². The van der Waals surface area contributed by atoms with Crippen molar-refractivity contribution in [2.24, 2.45) is 5.41 Å². The fourth-order valence-electron chi connectivity index (χ4n) is 1.72. The number of hydrogen-bond donors (Lipinski definition) is 0. The monoisotopic (exact) mass is 248 g/mol. The highest BCUT2D eigenvalue weighted by molar-refractivity contribution is 5.30. The highest BCUT2D eigenvalue weighted by Crippen LogP contribution is 2.29. The van der Waals surface area contributed by atoms with Crippen molar-refractivity contribution in [1.82, 2.24) is 0 Å². The Kier molecular flexibility index (Phi) is 3.84. The van der Waals surface area contributed by atoms with Crippen molar-refractivity contribution >= 4 is 0 Å². The van der Waals surface area contributed by atoms with E-state index in [9.17, 15) is 17.6 Å². The van der Waals surface area contributed by atoms with Crippen LogP contribution in [0.3, 0.4) is 0 Å². The van der Waals surface area contributed by atoms with Crippen LogP contribution in [0.25, 0.3) is 0 Å². The van der Waals surface area contributed by atoms with Gasteiger partial charge >= 0.3 is 0 Å². The van der Waals surface area contributed by atoms with Crippen molar-refractivity contribution < 1.29 is 17.6 Å². The van der Waals surface area contributed by atoms with Crippen molar-refractivity contribution in [2.75, 3.05) is 0 Å². The first-order valence-corrected chi connectivity index (χ1v) is 5.52. The molecule has 0 spiro atoms. The van der Waals surface area contributed by atoms with E-state index in [2.05, 4.69) is 0 Å². The largest absolute Gasteiger partial charge is 0.203 e. The maximum Gasteiger partial charge on any atom is 0.165 e. The van der Waals surface area contributed by atoms with E-state index in [4.69, 9.17) is 0 Å². The fourth-order valence-corrected chi connectivity index (χ4v) is 1.72. The molecule has 1 rings (SSSR count). The topological polar surface area (TPSA) is 0 Å². The molecule has 17 heavy (non-hydrogen) atoms. The predicted molar refractivity (Wildman–Crippen MR) is 58.8 cm³/mol. The summed E-state index contributed by atoms with van der Waals surface area (Å²) >= 11 is 0. The van der Waals surface area contributed by atoms with Gasteiger partial charge in [0.15, 0.2) is 23.3 Å². The average molecular weight is 248 g/mol. The molecule has 0 aliphatic rings. The van der Waals surface area contributed by atoms with Gasteiger partial charge < -0.3 is 0 Å². The van der Waals surface area contributed by atoms with Crippen molar-refractivity contribution in [3.05, 3.63) is 34.4 Å². The third-order valence-corrected chi connectivity index (χ3v) is 2.51. The van der Waals surface area contributed by atoms with Crippen LogP contribution in [0.4, 0.5) is 17.6 Å². The molecule has 0 nitrogen and oxygen atoms in total. The van der Waals surface area contributed by atoms with E-state index < -0.39 is 39.8 Å². The van der Waals surface area contributed by atoms with Crippen molar-refractivity contribution in [3.8, 4) is 0 Å². The van der Waals surface area contributed by atoms with Crippen molar-refractivity contribution in [1.29, 1.82) is 0 Å². The molecule has 0 N–H and O–H groups in total. The molecule has 0 saturated carbocycles. The highest BCUT2D eigenvalue weighted by Gasteiger charge is 2.26. The van der Waals surface area contributed by atoms with Crippen molar-refractivity contribution in [3.63, 3.8) is 0 Å². The van der Waals surface area contributed by atoms with E-state index >= 15 is 0 Å². The molecule has 0 bridgehead atoms. The van der Waals surface area contributed by atoms with Crippen molar-refractivity contribution in [2.45, 2.75) is 40.5 Å². The third kappa shape index (κ3) is 2.79. The lowest BCUT2D eigenvalue weighted by Crippen LogP contribution is -2.16. The number of benzene rings is 1. The Hall–Kier alpha value is -1.06. The standard InChI is InChI=1S/C13H16F4/c1-5-7-9(14)11(16)8(6-13(2,3)4)12(17)10(7)15/h5-6H2,1-4H3. The Morgan fingerprint density at radius 3 is 1.41 bits per heavy atom. The SMILES string of the molecule is CCc1c(F)c(F)c(CC(C)(C)C)c(F)c1F. The minimum Gasteiger partial charge on any atom is -0.203 e. The Labute approximate surface area is 98.6 Å². The van der Waals surface area contributed by atoms with Crippen LogP contribution in [0.1, 0.15) is 38.8 Å². The molecule has 0 atom stereocenters. The molecule has 0 aliphatic carbocycles. The quantitative estimate of drug-likeness (QED) is 0.537. The molecule has 0 saturated heterocycles. The fraction of sp³-hybridized carbons (Fsp3) is 0.538. The lowest BCUT2D eigenvalue weighted by atomic mass is 9.87. The lowest BCUT2D eigenvalue weighted by Gasteiger charge is -2.20. The summed E-state index contributed by atoms with van der Waals surface area (Å²) < 4.78 is 54.3. The Balaban J connectivity index is 3.43. The molecular formula is C13H16F4. The molecule has 96 valence electrons. The van der Waals surface area contributed by atoms with Crippen LogP contribution in [-0.4, -0.2) is 0 Å². The number of hydrogen-bond acceptors (Lipinski definition) is 0. The molecule has 1 aromatic carbocycles. The molecule has 0 heterocycles. The van der Waals surface area contributed by atoms with Gasteiger partial charge in [0.2, 0.25) is 0 Å². The molecular weight excluding hydrogens is 232 g/mol. The molecule has 0 unspecified atom stereocenters. The minimum atomic E-state index is -1.27. The zero-order valence-electron chi connectivity index (χ0n) is 10.4. The van der Waals surface area contributed by atoms with Crippen LogP contribution in [0.2, 0.25) is 0 Å². The van der Waals surface area contributed by atoms with Crippen LogP contribution < -0.4 is 0 Å². The summed E-state index contributed by atoms with van der Waals surface area (Å²) in [5.74, 6) is -5.08. The maximum absolute atomic E-state index is 13.6. The summed E-state index contributed by atoms with van der Waals surface area (Å²) in [6, 6.07) is 0. The normalized spacial score (nSPS) is 12.0. The van der Waals surface area contributed by atoms with E-state index in [1.165, 1.54) is 6.92 Å². The van der Waals surface area contributed by atoms with Gasteiger partial charge in [0.25, 0.3) is 0 Å². The van der Waals surface area contributed by atoms with Crippen LogP contribution >= 0.6 is 0 Å². The first kappa shape index (κ1) is 14.0. The van der Waals surface area contributed by atoms with Gasteiger partial charge in [0.05, 0.1) is 0 Å². The van der Waals surface area contributed by atoms with Gasteiger partial charge in [0, 0.05) is 11.1 Å². The zero-order valence-corrected chi connectivity index (χ0v) is 10.4. The van der Waals surface area contributed by atoms with E-state index in [0.29, 0.717) is 0 Å². The molecule has 0 aromatic heterocycles. The van der Waals surface area contributed by atoms with E-state index in [1.807, 2.05) is 0 Å². The van der Waals surface area contributed by atoms with Crippen LogP contribution in [-0.2, 0) is 12.8 Å². The first-order valence-electron chi connectivity index (χ1n) is 5.52. The van der Waals surface area contributed by atoms with E-state index in [-0.39, 0.29) is 12.8 Å². The molecule has 1 aromatic rings. The van der Waals surface area contributed by atoms with E-state index in [0.717, 1.165) is 0 Å². The second kappa shape index (κ2) is 4.67. The highest BCUT2D eigenvalue weighted by atomic mass is 19.2.